The van der Waals surface area contributed by atoms with Gasteiger partial charge in [-0.2, -0.15) is 5.10 Å². The molecule has 0 fully saturated rings. The van der Waals surface area contributed by atoms with E-state index < -0.39 is 0 Å². The minimum absolute atomic E-state index is 0.0000406. The first-order chi connectivity index (χ1) is 8.75. The molecule has 3 rings (SSSR count). The van der Waals surface area contributed by atoms with Crippen LogP contribution >= 0.6 is 22.7 Å². The van der Waals surface area contributed by atoms with Crippen molar-refractivity contribution in [1.82, 2.24) is 5.01 Å². The van der Waals surface area contributed by atoms with Gasteiger partial charge in [0.2, 0.25) is 5.91 Å². The fraction of sp³-hybridized carbons (Fsp3) is 0.231. The van der Waals surface area contributed by atoms with Crippen LogP contribution < -0.4 is 0 Å². The Balaban J connectivity index is 1.93. The topological polar surface area (TPSA) is 32.7 Å². The van der Waals surface area contributed by atoms with Crippen molar-refractivity contribution in [2.45, 2.75) is 19.4 Å². The molecule has 0 radical (unpaired) electrons. The SMILES string of the molecule is CC(=O)N1N=C(c2cccs2)C[C@@H]1c1cccs1. The Bertz CT molecular complexity index is 572. The van der Waals surface area contributed by atoms with Crippen LogP contribution in [0, 0.1) is 0 Å². The van der Waals surface area contributed by atoms with Gasteiger partial charge in [-0.15, -0.1) is 22.7 Å². The standard InChI is InChI=1S/C13H12N2OS2/c1-9(16)15-11(13-5-3-7-18-13)8-10(14-15)12-4-2-6-17-12/h2-7,11H,8H2,1H3/t11-/m1/s1. The summed E-state index contributed by atoms with van der Waals surface area (Å²) in [4.78, 5) is 14.0. The lowest BCUT2D eigenvalue weighted by molar-refractivity contribution is -0.130. The summed E-state index contributed by atoms with van der Waals surface area (Å²) in [5.74, 6) is -0.0000406. The molecule has 3 heterocycles. The first-order valence-electron chi connectivity index (χ1n) is 5.70. The summed E-state index contributed by atoms with van der Waals surface area (Å²) in [5, 5.41) is 10.2. The lowest BCUT2D eigenvalue weighted by Gasteiger charge is -2.18. The average Bonchev–Trinajstić information content (AvgIpc) is 3.10. The third kappa shape index (κ3) is 2.00. The molecule has 2 aromatic rings. The predicted molar refractivity (Wildman–Crippen MR) is 75.1 cm³/mol. The number of rotatable bonds is 2. The zero-order valence-corrected chi connectivity index (χ0v) is 11.5. The van der Waals surface area contributed by atoms with E-state index in [1.165, 1.54) is 4.88 Å². The number of amides is 1. The number of hydrogen-bond acceptors (Lipinski definition) is 4. The van der Waals surface area contributed by atoms with Gasteiger partial charge in [0.15, 0.2) is 0 Å². The Morgan fingerprint density at radius 3 is 2.72 bits per heavy atom. The average molecular weight is 276 g/mol. The smallest absolute Gasteiger partial charge is 0.240 e. The van der Waals surface area contributed by atoms with Gasteiger partial charge in [0.25, 0.3) is 0 Å². The Morgan fingerprint density at radius 1 is 1.33 bits per heavy atom. The van der Waals surface area contributed by atoms with Gasteiger partial charge in [-0.05, 0) is 22.9 Å². The molecule has 0 bridgehead atoms. The molecule has 0 N–H and O–H groups in total. The predicted octanol–water partition coefficient (Wildman–Crippen LogP) is 3.51. The van der Waals surface area contributed by atoms with Crippen LogP contribution in [0.2, 0.25) is 0 Å². The first-order valence-corrected chi connectivity index (χ1v) is 7.46. The van der Waals surface area contributed by atoms with E-state index >= 15 is 0 Å². The monoisotopic (exact) mass is 276 g/mol. The number of nitrogens with zero attached hydrogens (tertiary/aromatic N) is 2. The number of hydrogen-bond donors (Lipinski definition) is 0. The van der Waals surface area contributed by atoms with Gasteiger partial charge in [-0.3, -0.25) is 4.79 Å². The van der Waals surface area contributed by atoms with Crippen LogP contribution in [0.1, 0.15) is 29.1 Å². The Labute approximate surface area is 113 Å². The summed E-state index contributed by atoms with van der Waals surface area (Å²) in [6, 6.07) is 8.22. The molecule has 0 saturated heterocycles. The molecule has 0 unspecified atom stereocenters. The van der Waals surface area contributed by atoms with Gasteiger partial charge in [-0.25, -0.2) is 5.01 Å². The van der Waals surface area contributed by atoms with Crippen molar-refractivity contribution < 1.29 is 4.79 Å². The summed E-state index contributed by atoms with van der Waals surface area (Å²) >= 11 is 3.34. The molecule has 0 spiro atoms. The fourth-order valence-corrected chi connectivity index (χ4v) is 3.63. The first kappa shape index (κ1) is 11.6. The van der Waals surface area contributed by atoms with E-state index in [1.807, 2.05) is 22.9 Å². The van der Waals surface area contributed by atoms with E-state index in [0.29, 0.717) is 0 Å². The summed E-state index contributed by atoms with van der Waals surface area (Å²) in [6.07, 6.45) is 0.806. The molecule has 1 aliphatic rings. The third-order valence-corrected chi connectivity index (χ3v) is 4.80. The van der Waals surface area contributed by atoms with Crippen molar-refractivity contribution in [3.63, 3.8) is 0 Å². The van der Waals surface area contributed by atoms with E-state index in [0.717, 1.165) is 17.0 Å². The van der Waals surface area contributed by atoms with Crippen LogP contribution in [0.5, 0.6) is 0 Å². The molecular weight excluding hydrogens is 264 g/mol. The molecule has 1 amide bonds. The molecule has 92 valence electrons. The maximum Gasteiger partial charge on any atom is 0.240 e. The highest BCUT2D eigenvalue weighted by molar-refractivity contribution is 7.12. The molecular formula is C13H12N2OS2. The van der Waals surface area contributed by atoms with Crippen molar-refractivity contribution in [2.75, 3.05) is 0 Å². The molecule has 18 heavy (non-hydrogen) atoms. The lowest BCUT2D eigenvalue weighted by Crippen LogP contribution is -2.23. The van der Waals surface area contributed by atoms with E-state index in [9.17, 15) is 4.79 Å². The van der Waals surface area contributed by atoms with Gasteiger partial charge in [0, 0.05) is 18.2 Å². The van der Waals surface area contributed by atoms with Crippen LogP contribution in [0.4, 0.5) is 0 Å². The molecule has 0 aliphatic carbocycles. The molecule has 3 nitrogen and oxygen atoms in total. The van der Waals surface area contributed by atoms with Gasteiger partial charge in [-0.1, -0.05) is 12.1 Å². The highest BCUT2D eigenvalue weighted by Crippen LogP contribution is 2.35. The Hall–Kier alpha value is -1.46. The second kappa shape index (κ2) is 4.66. The van der Waals surface area contributed by atoms with Crippen LogP contribution in [0.15, 0.2) is 40.1 Å². The van der Waals surface area contributed by atoms with E-state index in [4.69, 9.17) is 0 Å². The van der Waals surface area contributed by atoms with Crippen molar-refractivity contribution in [3.8, 4) is 0 Å². The van der Waals surface area contributed by atoms with Gasteiger partial charge in [0.05, 0.1) is 16.6 Å². The van der Waals surface area contributed by atoms with E-state index in [-0.39, 0.29) is 11.9 Å². The van der Waals surface area contributed by atoms with Gasteiger partial charge < -0.3 is 0 Å². The van der Waals surface area contributed by atoms with Crippen LogP contribution in [0.3, 0.4) is 0 Å². The molecule has 1 aliphatic heterocycles. The number of thiophene rings is 2. The number of hydrazone groups is 1. The van der Waals surface area contributed by atoms with E-state index in [1.54, 1.807) is 34.6 Å². The molecule has 2 aromatic heterocycles. The lowest BCUT2D eigenvalue weighted by atomic mass is 10.1. The zero-order valence-electron chi connectivity index (χ0n) is 9.87. The molecule has 5 heteroatoms. The summed E-state index contributed by atoms with van der Waals surface area (Å²) in [6.45, 7) is 1.57. The summed E-state index contributed by atoms with van der Waals surface area (Å²) in [5.41, 5.74) is 1.01. The van der Waals surface area contributed by atoms with Crippen LogP contribution in [-0.4, -0.2) is 16.6 Å². The molecule has 0 aromatic carbocycles. The summed E-state index contributed by atoms with van der Waals surface area (Å²) in [7, 11) is 0. The van der Waals surface area contributed by atoms with Crippen molar-refractivity contribution in [3.05, 3.63) is 44.8 Å². The van der Waals surface area contributed by atoms with E-state index in [2.05, 4.69) is 17.2 Å². The maximum absolute atomic E-state index is 11.7. The largest absolute Gasteiger partial charge is 0.273 e. The highest BCUT2D eigenvalue weighted by Gasteiger charge is 2.32. The number of carbonyl (C=O) groups is 1. The minimum Gasteiger partial charge on any atom is -0.273 e. The Kier molecular flexibility index (Phi) is 3.01. The second-order valence-electron chi connectivity index (χ2n) is 4.12. The zero-order chi connectivity index (χ0) is 12.5. The van der Waals surface area contributed by atoms with Gasteiger partial charge >= 0.3 is 0 Å². The van der Waals surface area contributed by atoms with Crippen molar-refractivity contribution in [1.29, 1.82) is 0 Å². The Morgan fingerprint density at radius 2 is 2.11 bits per heavy atom. The quantitative estimate of drug-likeness (QED) is 0.826. The van der Waals surface area contributed by atoms with Crippen LogP contribution in [0.25, 0.3) is 0 Å². The van der Waals surface area contributed by atoms with Crippen LogP contribution in [-0.2, 0) is 4.79 Å². The molecule has 0 saturated carbocycles. The third-order valence-electron chi connectivity index (χ3n) is 2.91. The molecule has 1 atom stereocenters. The van der Waals surface area contributed by atoms with Crippen molar-refractivity contribution in [2.24, 2.45) is 5.10 Å². The minimum atomic E-state index is -0.0000406. The summed E-state index contributed by atoms with van der Waals surface area (Å²) < 4.78 is 0. The normalized spacial score (nSPS) is 19.1. The van der Waals surface area contributed by atoms with Gasteiger partial charge in [0.1, 0.15) is 0 Å². The highest BCUT2D eigenvalue weighted by atomic mass is 32.1. The second-order valence-corrected chi connectivity index (χ2v) is 6.05. The number of carbonyl (C=O) groups excluding carboxylic acids is 1. The fourth-order valence-electron chi connectivity index (χ4n) is 2.09. The van der Waals surface area contributed by atoms with Crippen molar-refractivity contribution >= 4 is 34.3 Å². The maximum atomic E-state index is 11.7.